The van der Waals surface area contributed by atoms with Gasteiger partial charge in [0.1, 0.15) is 5.57 Å². The lowest BCUT2D eigenvalue weighted by Gasteiger charge is -1.92. The van der Waals surface area contributed by atoms with Gasteiger partial charge in [-0.2, -0.15) is 0 Å². The summed E-state index contributed by atoms with van der Waals surface area (Å²) in [6.45, 7) is 1.67. The molecule has 1 rings (SSSR count). The molecule has 0 aliphatic carbocycles. The number of hydrogen-bond donors (Lipinski definition) is 1. The third-order valence-corrected chi connectivity index (χ3v) is 1.77. The Labute approximate surface area is 73.6 Å². The molecule has 0 radical (unpaired) electrons. The summed E-state index contributed by atoms with van der Waals surface area (Å²) in [6.07, 6.45) is 0.325. The van der Waals surface area contributed by atoms with Crippen molar-refractivity contribution in [2.45, 2.75) is 13.3 Å². The minimum Gasteiger partial charge on any atom is -0.288 e. The fourth-order valence-corrected chi connectivity index (χ4v) is 1.24. The molecular formula is C7H6ClNO3. The van der Waals surface area contributed by atoms with Gasteiger partial charge in [0.25, 0.3) is 17.1 Å². The van der Waals surface area contributed by atoms with Crippen LogP contribution in [0, 0.1) is 0 Å². The van der Waals surface area contributed by atoms with Gasteiger partial charge in [0.2, 0.25) is 0 Å². The zero-order valence-electron chi connectivity index (χ0n) is 6.31. The van der Waals surface area contributed by atoms with E-state index in [4.69, 9.17) is 11.6 Å². The van der Waals surface area contributed by atoms with Crippen LogP contribution in [0.4, 0.5) is 0 Å². The quantitative estimate of drug-likeness (QED) is 0.379. The Bertz CT molecular complexity index is 306. The minimum absolute atomic E-state index is 0.167. The fourth-order valence-electron chi connectivity index (χ4n) is 1.04. The summed E-state index contributed by atoms with van der Waals surface area (Å²) in [6, 6.07) is 0. The monoisotopic (exact) mass is 187 g/mol. The van der Waals surface area contributed by atoms with Crippen LogP contribution in [0.15, 0.2) is 11.1 Å². The maximum Gasteiger partial charge on any atom is 0.263 e. The highest BCUT2D eigenvalue weighted by atomic mass is 35.5. The van der Waals surface area contributed by atoms with Crippen molar-refractivity contribution in [3.8, 4) is 0 Å². The van der Waals surface area contributed by atoms with E-state index in [1.165, 1.54) is 0 Å². The molecule has 0 saturated carbocycles. The molecule has 1 aliphatic heterocycles. The van der Waals surface area contributed by atoms with Crippen molar-refractivity contribution in [2.24, 2.45) is 0 Å². The van der Waals surface area contributed by atoms with Crippen LogP contribution < -0.4 is 5.32 Å². The summed E-state index contributed by atoms with van der Waals surface area (Å²) in [5.41, 5.74) is -0.0517. The van der Waals surface area contributed by atoms with E-state index in [1.807, 2.05) is 5.32 Å². The zero-order chi connectivity index (χ0) is 9.30. The molecule has 0 bridgehead atoms. The zero-order valence-corrected chi connectivity index (χ0v) is 7.07. The van der Waals surface area contributed by atoms with Crippen LogP contribution in [0.2, 0.25) is 0 Å². The van der Waals surface area contributed by atoms with Gasteiger partial charge in [-0.1, -0.05) is 6.92 Å². The van der Waals surface area contributed by atoms with E-state index in [9.17, 15) is 14.4 Å². The van der Waals surface area contributed by atoms with Gasteiger partial charge < -0.3 is 0 Å². The molecule has 2 amide bonds. The van der Waals surface area contributed by atoms with E-state index >= 15 is 0 Å². The molecule has 0 atom stereocenters. The second kappa shape index (κ2) is 3.06. The Morgan fingerprint density at radius 1 is 1.42 bits per heavy atom. The number of halogens is 1. The van der Waals surface area contributed by atoms with Crippen LogP contribution in [-0.4, -0.2) is 17.1 Å². The normalized spacial score (nSPS) is 16.8. The van der Waals surface area contributed by atoms with Crippen molar-refractivity contribution in [2.75, 3.05) is 0 Å². The highest BCUT2D eigenvalue weighted by Gasteiger charge is 2.32. The highest BCUT2D eigenvalue weighted by molar-refractivity contribution is 6.71. The van der Waals surface area contributed by atoms with Crippen molar-refractivity contribution >= 4 is 28.7 Å². The van der Waals surface area contributed by atoms with Crippen molar-refractivity contribution in [1.29, 1.82) is 0 Å². The topological polar surface area (TPSA) is 63.2 Å². The molecule has 4 nitrogen and oxygen atoms in total. The second-order valence-electron chi connectivity index (χ2n) is 2.26. The summed E-state index contributed by atoms with van der Waals surface area (Å²) in [4.78, 5) is 32.5. The predicted octanol–water partition coefficient (Wildman–Crippen LogP) is 0.115. The molecule has 0 saturated heterocycles. The number of nitrogens with one attached hydrogen (secondary N) is 1. The number of hydrogen-bond acceptors (Lipinski definition) is 3. The van der Waals surface area contributed by atoms with Gasteiger partial charge >= 0.3 is 0 Å². The molecule has 0 aromatic heterocycles. The lowest BCUT2D eigenvalue weighted by Crippen LogP contribution is -2.23. The average Bonchev–Trinajstić information content (AvgIpc) is 2.24. The first kappa shape index (κ1) is 8.93. The average molecular weight is 188 g/mol. The van der Waals surface area contributed by atoms with Gasteiger partial charge in [0, 0.05) is 5.57 Å². The molecule has 1 aliphatic rings. The number of carbonyl (C=O) groups excluding carboxylic acids is 3. The first-order valence-electron chi connectivity index (χ1n) is 3.36. The maximum atomic E-state index is 10.9. The van der Waals surface area contributed by atoms with Gasteiger partial charge in [0.15, 0.2) is 0 Å². The Morgan fingerprint density at radius 2 is 2.00 bits per heavy atom. The number of rotatable bonds is 2. The number of imide groups is 1. The van der Waals surface area contributed by atoms with E-state index in [-0.39, 0.29) is 11.1 Å². The van der Waals surface area contributed by atoms with Gasteiger partial charge in [-0.05, 0) is 18.0 Å². The Hall–Kier alpha value is -1.16. The molecule has 0 aromatic rings. The second-order valence-corrected chi connectivity index (χ2v) is 2.61. The molecule has 64 valence electrons. The largest absolute Gasteiger partial charge is 0.288 e. The van der Waals surface area contributed by atoms with Gasteiger partial charge in [0.05, 0.1) is 0 Å². The molecule has 0 aromatic carbocycles. The van der Waals surface area contributed by atoms with Gasteiger partial charge in [-0.15, -0.1) is 0 Å². The summed E-state index contributed by atoms with van der Waals surface area (Å²) in [5.74, 6) is -1.22. The number of amides is 2. The molecule has 0 unspecified atom stereocenters. The van der Waals surface area contributed by atoms with Crippen molar-refractivity contribution in [1.82, 2.24) is 5.32 Å². The highest BCUT2D eigenvalue weighted by Crippen LogP contribution is 2.17. The number of carbonyl (C=O) groups is 3. The van der Waals surface area contributed by atoms with E-state index < -0.39 is 17.1 Å². The summed E-state index contributed by atoms with van der Waals surface area (Å²) in [5, 5.41) is 1.11. The molecule has 0 spiro atoms. The van der Waals surface area contributed by atoms with Crippen LogP contribution >= 0.6 is 11.6 Å². The molecule has 1 N–H and O–H groups in total. The smallest absolute Gasteiger partial charge is 0.263 e. The third kappa shape index (κ3) is 1.25. The lowest BCUT2D eigenvalue weighted by molar-refractivity contribution is -0.124. The van der Waals surface area contributed by atoms with E-state index in [0.29, 0.717) is 6.42 Å². The van der Waals surface area contributed by atoms with E-state index in [2.05, 4.69) is 0 Å². The predicted molar refractivity (Wildman–Crippen MR) is 41.3 cm³/mol. The summed E-state index contributed by atoms with van der Waals surface area (Å²) in [7, 11) is 0. The van der Waals surface area contributed by atoms with E-state index in [0.717, 1.165) is 0 Å². The summed E-state index contributed by atoms with van der Waals surface area (Å²) < 4.78 is 0. The third-order valence-electron chi connectivity index (χ3n) is 1.58. The van der Waals surface area contributed by atoms with Crippen molar-refractivity contribution in [3.63, 3.8) is 0 Å². The minimum atomic E-state index is -0.879. The van der Waals surface area contributed by atoms with Crippen LogP contribution in [0.3, 0.4) is 0 Å². The fraction of sp³-hybridized carbons (Fsp3) is 0.286. The van der Waals surface area contributed by atoms with Gasteiger partial charge in [-0.25, -0.2) is 0 Å². The maximum absolute atomic E-state index is 10.9. The first-order chi connectivity index (χ1) is 5.57. The molecule has 5 heteroatoms. The SMILES string of the molecule is CCC1=C(C(=O)Cl)C(=O)NC1=O. The van der Waals surface area contributed by atoms with Crippen molar-refractivity contribution < 1.29 is 14.4 Å². The Morgan fingerprint density at radius 3 is 2.33 bits per heavy atom. The summed E-state index contributed by atoms with van der Waals surface area (Å²) >= 11 is 5.11. The van der Waals surface area contributed by atoms with Crippen LogP contribution in [0.1, 0.15) is 13.3 Å². The Balaban J connectivity index is 3.18. The molecule has 12 heavy (non-hydrogen) atoms. The van der Waals surface area contributed by atoms with E-state index in [1.54, 1.807) is 6.92 Å². The Kier molecular flexibility index (Phi) is 2.28. The molecular weight excluding hydrogens is 182 g/mol. The van der Waals surface area contributed by atoms with Crippen LogP contribution in [-0.2, 0) is 14.4 Å². The molecule has 0 fully saturated rings. The standard InChI is InChI=1S/C7H6ClNO3/c1-2-3-4(5(8)10)7(12)9-6(3)11/h2H2,1H3,(H,9,11,12). The first-order valence-corrected chi connectivity index (χ1v) is 3.74. The van der Waals surface area contributed by atoms with Gasteiger partial charge in [-0.3, -0.25) is 19.7 Å². The van der Waals surface area contributed by atoms with Crippen LogP contribution in [0.5, 0.6) is 0 Å². The molecule has 1 heterocycles. The van der Waals surface area contributed by atoms with Crippen LogP contribution in [0.25, 0.3) is 0 Å². The lowest BCUT2D eigenvalue weighted by atomic mass is 10.1. The van der Waals surface area contributed by atoms with Crippen molar-refractivity contribution in [3.05, 3.63) is 11.1 Å².